The van der Waals surface area contributed by atoms with E-state index < -0.39 is 6.29 Å². The number of methoxy groups -OCH3 is 1. The second-order valence-corrected chi connectivity index (χ2v) is 7.03. The lowest BCUT2D eigenvalue weighted by atomic mass is 9.65. The molecule has 1 spiro atoms. The van der Waals surface area contributed by atoms with Crippen LogP contribution in [0.25, 0.3) is 0 Å². The van der Waals surface area contributed by atoms with E-state index in [2.05, 4.69) is 24.1 Å². The molecule has 0 unspecified atom stereocenters. The zero-order valence-electron chi connectivity index (χ0n) is 13.8. The summed E-state index contributed by atoms with van der Waals surface area (Å²) in [5.41, 5.74) is 1.56. The largest absolute Gasteiger partial charge is 0.454 e. The van der Waals surface area contributed by atoms with Crippen LogP contribution < -0.4 is 9.47 Å². The Labute approximate surface area is 140 Å². The van der Waals surface area contributed by atoms with E-state index in [0.717, 1.165) is 29.8 Å². The minimum absolute atomic E-state index is 0.0931. The second-order valence-electron chi connectivity index (χ2n) is 7.03. The van der Waals surface area contributed by atoms with Gasteiger partial charge in [0.15, 0.2) is 17.8 Å². The van der Waals surface area contributed by atoms with E-state index in [1.54, 1.807) is 7.11 Å². The van der Waals surface area contributed by atoms with Crippen LogP contribution in [0.1, 0.15) is 23.8 Å². The maximum Gasteiger partial charge on any atom is 0.231 e. The first-order valence-electron chi connectivity index (χ1n) is 8.33. The molecule has 0 saturated carbocycles. The highest BCUT2D eigenvalue weighted by atomic mass is 16.7. The lowest BCUT2D eigenvalue weighted by Crippen LogP contribution is -2.52. The summed E-state index contributed by atoms with van der Waals surface area (Å²) in [6.45, 7) is 0.993. The molecule has 24 heavy (non-hydrogen) atoms. The third kappa shape index (κ3) is 1.74. The molecule has 1 aromatic rings. The number of likely N-dealkylation sites (tertiary alicyclic amines) is 1. The number of rotatable bonds is 1. The average Bonchev–Trinajstić information content (AvgIpc) is 3.16. The average molecular weight is 331 g/mol. The molecule has 3 heterocycles. The Kier molecular flexibility index (Phi) is 3.04. The first-order valence-corrected chi connectivity index (χ1v) is 8.33. The maximum absolute atomic E-state index is 10.5. The normalized spacial score (nSPS) is 39.5. The molecule has 0 bridgehead atoms. The number of benzene rings is 1. The van der Waals surface area contributed by atoms with Gasteiger partial charge < -0.3 is 24.1 Å². The van der Waals surface area contributed by atoms with Gasteiger partial charge >= 0.3 is 0 Å². The number of hydrogen-bond donors (Lipinski definition) is 1. The van der Waals surface area contributed by atoms with Gasteiger partial charge in [0.25, 0.3) is 0 Å². The van der Waals surface area contributed by atoms with E-state index in [4.69, 9.17) is 18.9 Å². The van der Waals surface area contributed by atoms with E-state index in [1.165, 1.54) is 0 Å². The van der Waals surface area contributed by atoms with Gasteiger partial charge in [-0.1, -0.05) is 12.2 Å². The smallest absolute Gasteiger partial charge is 0.231 e. The highest BCUT2D eigenvalue weighted by Crippen LogP contribution is 2.54. The maximum atomic E-state index is 10.5. The summed E-state index contributed by atoms with van der Waals surface area (Å²) in [5, 5.41) is 10.5. The van der Waals surface area contributed by atoms with Crippen LogP contribution in [0.4, 0.5) is 0 Å². The summed E-state index contributed by atoms with van der Waals surface area (Å²) in [6.07, 6.45) is 4.31. The first kappa shape index (κ1) is 14.7. The van der Waals surface area contributed by atoms with Crippen molar-refractivity contribution in [2.24, 2.45) is 0 Å². The van der Waals surface area contributed by atoms with Crippen LogP contribution in [-0.2, 0) is 14.9 Å². The molecule has 6 heteroatoms. The van der Waals surface area contributed by atoms with Crippen LogP contribution in [0.15, 0.2) is 24.3 Å². The second kappa shape index (κ2) is 4.95. The molecular formula is C18H21NO5. The fraction of sp³-hybridized carbons (Fsp3) is 0.556. The highest BCUT2D eigenvalue weighted by Gasteiger charge is 2.59. The van der Waals surface area contributed by atoms with E-state index >= 15 is 0 Å². The molecule has 4 aliphatic rings. The minimum atomic E-state index is -0.939. The summed E-state index contributed by atoms with van der Waals surface area (Å²) in [6, 6.07) is 4.14. The molecule has 1 saturated heterocycles. The van der Waals surface area contributed by atoms with Crippen LogP contribution in [0, 0.1) is 0 Å². The fourth-order valence-electron chi connectivity index (χ4n) is 4.82. The number of ether oxygens (including phenoxy) is 4. The van der Waals surface area contributed by atoms with Crippen molar-refractivity contribution in [3.63, 3.8) is 0 Å². The molecule has 1 aliphatic carbocycles. The van der Waals surface area contributed by atoms with E-state index in [0.29, 0.717) is 5.75 Å². The number of nitrogens with zero attached hydrogens (tertiary/aromatic N) is 1. The monoisotopic (exact) mass is 331 g/mol. The first-order chi connectivity index (χ1) is 11.6. The standard InChI is InChI=1S/C18H21NO5/c1-19-8-16-18(4-3-10(21-2)5-15(18)19)12-7-14-13(22-9-23-14)6-11(12)17(20)24-16/h3-4,6-7,10,15-17,20H,5,8-9H2,1-2H3/t10-,15+,16+,17+,18+/m1/s1. The molecule has 128 valence electrons. The third-order valence-electron chi connectivity index (χ3n) is 5.99. The summed E-state index contributed by atoms with van der Waals surface area (Å²) in [5.74, 6) is 1.41. The van der Waals surface area contributed by atoms with E-state index in [1.807, 2.05) is 12.1 Å². The predicted octanol–water partition coefficient (Wildman–Crippen LogP) is 1.33. The van der Waals surface area contributed by atoms with Crippen molar-refractivity contribution >= 4 is 0 Å². The molecule has 0 aromatic heterocycles. The van der Waals surface area contributed by atoms with Crippen molar-refractivity contribution in [3.8, 4) is 11.5 Å². The molecule has 6 nitrogen and oxygen atoms in total. The van der Waals surface area contributed by atoms with Crippen LogP contribution in [0.5, 0.6) is 11.5 Å². The van der Waals surface area contributed by atoms with Gasteiger partial charge in [0.2, 0.25) is 6.79 Å². The van der Waals surface area contributed by atoms with Gasteiger partial charge in [-0.15, -0.1) is 0 Å². The Balaban J connectivity index is 1.73. The molecule has 0 amide bonds. The van der Waals surface area contributed by atoms with Crippen molar-refractivity contribution in [1.29, 1.82) is 0 Å². The summed E-state index contributed by atoms with van der Waals surface area (Å²) in [7, 11) is 3.85. The zero-order chi connectivity index (χ0) is 16.5. The molecule has 1 aromatic carbocycles. The Morgan fingerprint density at radius 2 is 2.08 bits per heavy atom. The van der Waals surface area contributed by atoms with Crippen molar-refractivity contribution < 1.29 is 24.1 Å². The van der Waals surface area contributed by atoms with E-state index in [9.17, 15) is 5.11 Å². The summed E-state index contributed by atoms with van der Waals surface area (Å²) >= 11 is 0. The Morgan fingerprint density at radius 3 is 2.88 bits per heavy atom. The van der Waals surface area contributed by atoms with Gasteiger partial charge in [0, 0.05) is 25.3 Å². The lowest BCUT2D eigenvalue weighted by Gasteiger charge is -2.46. The van der Waals surface area contributed by atoms with Gasteiger partial charge in [0.05, 0.1) is 17.6 Å². The van der Waals surface area contributed by atoms with Crippen LogP contribution in [-0.4, -0.2) is 55.8 Å². The third-order valence-corrected chi connectivity index (χ3v) is 5.99. The predicted molar refractivity (Wildman–Crippen MR) is 85.0 cm³/mol. The number of aliphatic hydroxyl groups excluding tert-OH is 1. The Morgan fingerprint density at radius 1 is 1.29 bits per heavy atom. The number of hydrogen-bond acceptors (Lipinski definition) is 6. The minimum Gasteiger partial charge on any atom is -0.454 e. The number of fused-ring (bicyclic) bond motifs is 2. The summed E-state index contributed by atoms with van der Waals surface area (Å²) < 4.78 is 22.6. The van der Waals surface area contributed by atoms with Crippen molar-refractivity contribution in [2.45, 2.75) is 36.4 Å². The molecule has 0 radical (unpaired) electrons. The van der Waals surface area contributed by atoms with Crippen LogP contribution in [0.3, 0.4) is 0 Å². The lowest BCUT2D eigenvalue weighted by molar-refractivity contribution is -0.160. The van der Waals surface area contributed by atoms with Gasteiger partial charge in [-0.25, -0.2) is 0 Å². The van der Waals surface area contributed by atoms with Gasteiger partial charge in [0.1, 0.15) is 0 Å². The molecule has 5 atom stereocenters. The Hall–Kier alpha value is -1.60. The SMILES string of the molecule is CO[C@@H]1C=C[C@@]23c4cc5c(cc4[C@@H](O)O[C@H]2CN(C)[C@H]3C1)OCO5. The van der Waals surface area contributed by atoms with Crippen LogP contribution >= 0.6 is 0 Å². The Bertz CT molecular complexity index is 720. The molecule has 3 aliphatic heterocycles. The zero-order valence-corrected chi connectivity index (χ0v) is 13.8. The molecule has 5 rings (SSSR count). The molecular weight excluding hydrogens is 310 g/mol. The van der Waals surface area contributed by atoms with E-state index in [-0.39, 0.29) is 30.5 Å². The highest BCUT2D eigenvalue weighted by molar-refractivity contribution is 5.56. The van der Waals surface area contributed by atoms with Crippen molar-refractivity contribution in [2.75, 3.05) is 27.5 Å². The van der Waals surface area contributed by atoms with Gasteiger partial charge in [-0.2, -0.15) is 0 Å². The van der Waals surface area contributed by atoms with Gasteiger partial charge in [-0.3, -0.25) is 4.90 Å². The van der Waals surface area contributed by atoms with Crippen LogP contribution in [0.2, 0.25) is 0 Å². The number of likely N-dealkylation sites (N-methyl/N-ethyl adjacent to an activating group) is 1. The van der Waals surface area contributed by atoms with Crippen molar-refractivity contribution in [1.82, 2.24) is 4.90 Å². The number of aliphatic hydroxyl groups is 1. The fourth-order valence-corrected chi connectivity index (χ4v) is 4.82. The molecule has 1 N–H and O–H groups in total. The summed E-state index contributed by atoms with van der Waals surface area (Å²) in [4.78, 5) is 2.31. The van der Waals surface area contributed by atoms with Gasteiger partial charge in [-0.05, 0) is 31.2 Å². The molecule has 1 fully saturated rings. The quantitative estimate of drug-likeness (QED) is 0.784. The topological polar surface area (TPSA) is 60.4 Å². The van der Waals surface area contributed by atoms with Crippen molar-refractivity contribution in [3.05, 3.63) is 35.4 Å².